The first kappa shape index (κ1) is 21.9. The summed E-state index contributed by atoms with van der Waals surface area (Å²) in [5.74, 6) is 0. The molecule has 0 aliphatic carbocycles. The van der Waals surface area contributed by atoms with Crippen molar-refractivity contribution in [2.45, 2.75) is 122 Å². The lowest BCUT2D eigenvalue weighted by Crippen LogP contribution is -2.46. The van der Waals surface area contributed by atoms with Crippen LogP contribution in [-0.2, 0) is 0 Å². The van der Waals surface area contributed by atoms with Gasteiger partial charge in [0, 0.05) is 12.1 Å². The molecule has 0 aromatic heterocycles. The lowest BCUT2D eigenvalue weighted by Gasteiger charge is -2.28. The predicted molar refractivity (Wildman–Crippen MR) is 101 cm³/mol. The van der Waals surface area contributed by atoms with Crippen molar-refractivity contribution in [1.82, 2.24) is 0 Å². The van der Waals surface area contributed by atoms with E-state index in [4.69, 9.17) is 11.5 Å². The summed E-state index contributed by atoms with van der Waals surface area (Å²) in [6, 6.07) is 0. The normalized spacial score (nSPS) is 12.0. The first-order valence-corrected chi connectivity index (χ1v) is 10.2. The minimum atomic E-state index is -0.0904. The Balaban J connectivity index is 3.54. The Kier molecular flexibility index (Phi) is 15.7. The van der Waals surface area contributed by atoms with Crippen LogP contribution in [0, 0.1) is 0 Å². The number of nitrogens with two attached hydrogens (primary N) is 2. The summed E-state index contributed by atoms with van der Waals surface area (Å²) >= 11 is 0. The fraction of sp³-hybridized carbons (Fsp3) is 1.00. The monoisotopic (exact) mass is 312 g/mol. The van der Waals surface area contributed by atoms with E-state index in [2.05, 4.69) is 13.8 Å². The van der Waals surface area contributed by atoms with Crippen LogP contribution in [0.5, 0.6) is 0 Å². The molecule has 2 nitrogen and oxygen atoms in total. The van der Waals surface area contributed by atoms with Crippen LogP contribution < -0.4 is 11.5 Å². The number of unbranched alkanes of at least 4 members (excludes halogenated alkanes) is 12. The third kappa shape index (κ3) is 13.6. The van der Waals surface area contributed by atoms with Crippen LogP contribution in [0.4, 0.5) is 0 Å². The van der Waals surface area contributed by atoms with E-state index < -0.39 is 0 Å². The molecular weight excluding hydrogens is 268 g/mol. The van der Waals surface area contributed by atoms with Crippen LogP contribution in [0.3, 0.4) is 0 Å². The summed E-state index contributed by atoms with van der Waals surface area (Å²) in [6.07, 6.45) is 21.2. The van der Waals surface area contributed by atoms with Crippen LogP contribution in [0.2, 0.25) is 0 Å². The van der Waals surface area contributed by atoms with Crippen LogP contribution in [-0.4, -0.2) is 12.1 Å². The Morgan fingerprint density at radius 1 is 0.545 bits per heavy atom. The van der Waals surface area contributed by atoms with E-state index >= 15 is 0 Å². The molecule has 0 aromatic carbocycles. The quantitative estimate of drug-likeness (QED) is 0.327. The van der Waals surface area contributed by atoms with Gasteiger partial charge in [-0.2, -0.15) is 0 Å². The van der Waals surface area contributed by atoms with Crippen molar-refractivity contribution in [2.75, 3.05) is 6.54 Å². The molecule has 4 N–H and O–H groups in total. The Labute approximate surface area is 140 Å². The zero-order valence-corrected chi connectivity index (χ0v) is 15.7. The molecule has 0 aromatic rings. The van der Waals surface area contributed by atoms with E-state index in [0.29, 0.717) is 6.54 Å². The molecule has 0 rings (SSSR count). The van der Waals surface area contributed by atoms with Gasteiger partial charge in [0.25, 0.3) is 0 Å². The molecule has 0 bridgehead atoms. The number of hydrogen-bond acceptors (Lipinski definition) is 2. The zero-order valence-electron chi connectivity index (χ0n) is 15.7. The van der Waals surface area contributed by atoms with Crippen molar-refractivity contribution in [3.63, 3.8) is 0 Å². The van der Waals surface area contributed by atoms with Gasteiger partial charge in [0.05, 0.1) is 0 Å². The molecule has 22 heavy (non-hydrogen) atoms. The molecule has 0 aliphatic heterocycles. The van der Waals surface area contributed by atoms with E-state index in [1.54, 1.807) is 0 Å². The van der Waals surface area contributed by atoms with Crippen molar-refractivity contribution in [3.05, 3.63) is 0 Å². The first-order valence-electron chi connectivity index (χ1n) is 10.2. The van der Waals surface area contributed by atoms with E-state index in [9.17, 15) is 0 Å². The SMILES string of the molecule is CCCCCCCCCC(N)(CN)CCCCCCCCC. The molecule has 0 atom stereocenters. The van der Waals surface area contributed by atoms with Gasteiger partial charge in [-0.1, -0.05) is 104 Å². The fourth-order valence-corrected chi connectivity index (χ4v) is 3.20. The highest BCUT2D eigenvalue weighted by atomic mass is 14.8. The van der Waals surface area contributed by atoms with Gasteiger partial charge < -0.3 is 11.5 Å². The van der Waals surface area contributed by atoms with Crippen molar-refractivity contribution < 1.29 is 0 Å². The first-order chi connectivity index (χ1) is 10.7. The van der Waals surface area contributed by atoms with Gasteiger partial charge in [-0.15, -0.1) is 0 Å². The summed E-state index contributed by atoms with van der Waals surface area (Å²) < 4.78 is 0. The molecule has 0 heterocycles. The molecule has 0 spiro atoms. The number of rotatable bonds is 17. The maximum absolute atomic E-state index is 6.50. The third-order valence-electron chi connectivity index (χ3n) is 4.96. The van der Waals surface area contributed by atoms with Crippen LogP contribution in [0.1, 0.15) is 117 Å². The molecule has 0 radical (unpaired) electrons. The molecule has 0 unspecified atom stereocenters. The minimum Gasteiger partial charge on any atom is -0.329 e. The van der Waals surface area contributed by atoms with E-state index in [1.165, 1.54) is 89.9 Å². The van der Waals surface area contributed by atoms with Crippen LogP contribution in [0.15, 0.2) is 0 Å². The molecular formula is C20H44N2. The molecule has 0 aliphatic rings. The predicted octanol–water partition coefficient (Wildman–Crippen LogP) is 5.92. The van der Waals surface area contributed by atoms with E-state index in [1.807, 2.05) is 0 Å². The minimum absolute atomic E-state index is 0.0904. The second-order valence-corrected chi connectivity index (χ2v) is 7.31. The fourth-order valence-electron chi connectivity index (χ4n) is 3.20. The molecule has 0 saturated heterocycles. The molecule has 0 fully saturated rings. The Morgan fingerprint density at radius 2 is 0.864 bits per heavy atom. The van der Waals surface area contributed by atoms with E-state index in [0.717, 1.165) is 12.8 Å². The number of hydrogen-bond donors (Lipinski definition) is 2. The van der Waals surface area contributed by atoms with Crippen molar-refractivity contribution in [3.8, 4) is 0 Å². The highest BCUT2D eigenvalue weighted by Gasteiger charge is 2.21. The summed E-state index contributed by atoms with van der Waals surface area (Å²) in [4.78, 5) is 0. The zero-order chi connectivity index (χ0) is 16.5. The van der Waals surface area contributed by atoms with Crippen LogP contribution >= 0.6 is 0 Å². The van der Waals surface area contributed by atoms with Gasteiger partial charge >= 0.3 is 0 Å². The van der Waals surface area contributed by atoms with Gasteiger partial charge in [-0.3, -0.25) is 0 Å². The topological polar surface area (TPSA) is 52.0 Å². The summed E-state index contributed by atoms with van der Waals surface area (Å²) in [5.41, 5.74) is 12.3. The second-order valence-electron chi connectivity index (χ2n) is 7.31. The second kappa shape index (κ2) is 15.8. The summed E-state index contributed by atoms with van der Waals surface area (Å²) in [6.45, 7) is 5.19. The molecule has 2 heteroatoms. The largest absolute Gasteiger partial charge is 0.329 e. The van der Waals surface area contributed by atoms with E-state index in [-0.39, 0.29) is 5.54 Å². The summed E-state index contributed by atoms with van der Waals surface area (Å²) in [5, 5.41) is 0. The Hall–Kier alpha value is -0.0800. The van der Waals surface area contributed by atoms with Crippen LogP contribution in [0.25, 0.3) is 0 Å². The average molecular weight is 313 g/mol. The highest BCUT2D eigenvalue weighted by Crippen LogP contribution is 2.20. The third-order valence-corrected chi connectivity index (χ3v) is 4.96. The van der Waals surface area contributed by atoms with Gasteiger partial charge in [0.15, 0.2) is 0 Å². The van der Waals surface area contributed by atoms with Gasteiger partial charge in [-0.25, -0.2) is 0 Å². The maximum atomic E-state index is 6.50. The average Bonchev–Trinajstić information content (AvgIpc) is 2.53. The van der Waals surface area contributed by atoms with Crippen molar-refractivity contribution in [2.24, 2.45) is 11.5 Å². The summed E-state index contributed by atoms with van der Waals surface area (Å²) in [7, 11) is 0. The lowest BCUT2D eigenvalue weighted by atomic mass is 9.87. The molecule has 0 saturated carbocycles. The Morgan fingerprint density at radius 3 is 1.18 bits per heavy atom. The van der Waals surface area contributed by atoms with Gasteiger partial charge in [0.1, 0.15) is 0 Å². The highest BCUT2D eigenvalue weighted by molar-refractivity contribution is 4.84. The standard InChI is InChI=1S/C20H44N2/c1-3-5-7-9-11-13-15-17-20(22,19-21)18-16-14-12-10-8-6-4-2/h3-19,21-22H2,1-2H3. The molecule has 0 amide bonds. The van der Waals surface area contributed by atoms with Gasteiger partial charge in [0.2, 0.25) is 0 Å². The lowest BCUT2D eigenvalue weighted by molar-refractivity contribution is 0.342. The Bertz CT molecular complexity index is 198. The van der Waals surface area contributed by atoms with Crippen molar-refractivity contribution >= 4 is 0 Å². The van der Waals surface area contributed by atoms with Gasteiger partial charge in [-0.05, 0) is 12.8 Å². The smallest absolute Gasteiger partial charge is 0.0278 e. The van der Waals surface area contributed by atoms with Crippen molar-refractivity contribution in [1.29, 1.82) is 0 Å². The molecule has 134 valence electrons. The maximum Gasteiger partial charge on any atom is 0.0278 e.